The highest BCUT2D eigenvalue weighted by molar-refractivity contribution is 5.70. The number of nitrogens with zero attached hydrogens (tertiary/aromatic N) is 18. The number of azo groups is 2. The first-order valence-corrected chi connectivity index (χ1v) is 15.3. The van der Waals surface area contributed by atoms with Crippen molar-refractivity contribution in [1.29, 1.82) is 5.26 Å². The molecule has 0 amide bonds. The van der Waals surface area contributed by atoms with E-state index in [1.165, 1.54) is 12.4 Å². The Balaban J connectivity index is 1.33. The Morgan fingerprint density at radius 1 is 0.784 bits per heavy atom. The average molecular weight is 688 g/mol. The Kier molecular flexibility index (Phi) is 7.25. The van der Waals surface area contributed by atoms with Crippen molar-refractivity contribution in [2.24, 2.45) is 20.5 Å². The van der Waals surface area contributed by atoms with Gasteiger partial charge in [0.25, 0.3) is 11.6 Å². The Hall–Kier alpha value is -7.23. The van der Waals surface area contributed by atoms with Crippen molar-refractivity contribution in [2.75, 3.05) is 0 Å². The largest absolute Gasteiger partial charge is 0.351 e. The summed E-state index contributed by atoms with van der Waals surface area (Å²) in [6.07, 6.45) is 2.51. The van der Waals surface area contributed by atoms with Crippen LogP contribution in [0.5, 0.6) is 0 Å². The van der Waals surface area contributed by atoms with Gasteiger partial charge in [0, 0.05) is 10.8 Å². The molecule has 0 radical (unpaired) electrons. The minimum absolute atomic E-state index is 0.0257. The molecule has 0 aliphatic carbocycles. The fourth-order valence-electron chi connectivity index (χ4n) is 5.16. The molecule has 7 aromatic heterocycles. The van der Waals surface area contributed by atoms with Crippen LogP contribution in [-0.2, 0) is 10.8 Å². The number of nitriles is 1. The van der Waals surface area contributed by atoms with Crippen LogP contribution in [0.2, 0.25) is 0 Å². The molecule has 22 heteroatoms. The topological polar surface area (TPSA) is 264 Å². The molecule has 7 aromatic rings. The normalized spacial score (nSPS) is 12.6. The number of fused-ring (bicyclic) bond motifs is 2. The molecule has 0 unspecified atom stereocenters. The fraction of sp³-hybridized carbons (Fsp3) is 0.345. The molecule has 51 heavy (non-hydrogen) atoms. The molecule has 22 nitrogen and oxygen atoms in total. The van der Waals surface area contributed by atoms with E-state index in [0.717, 1.165) is 20.8 Å². The number of H-pyrrole nitrogens is 3. The van der Waals surface area contributed by atoms with Crippen LogP contribution in [0.1, 0.15) is 70.1 Å². The average Bonchev–Trinajstić information content (AvgIpc) is 3.90. The summed E-state index contributed by atoms with van der Waals surface area (Å²) in [5.74, 6) is 0.724. The molecule has 3 N–H and O–H groups in total. The third-order valence-electron chi connectivity index (χ3n) is 7.71. The summed E-state index contributed by atoms with van der Waals surface area (Å²) in [7, 11) is 0. The van der Waals surface area contributed by atoms with E-state index in [4.69, 9.17) is 6.57 Å². The zero-order valence-corrected chi connectivity index (χ0v) is 28.6. The quantitative estimate of drug-likeness (QED) is 0.160. The number of rotatable bonds is 6. The van der Waals surface area contributed by atoms with Gasteiger partial charge in [0.1, 0.15) is 23.3 Å². The molecule has 0 atom stereocenters. The van der Waals surface area contributed by atoms with Gasteiger partial charge in [0.05, 0.1) is 30.4 Å². The Labute approximate surface area is 286 Å². The maximum absolute atomic E-state index is 13.0. The molecule has 256 valence electrons. The monoisotopic (exact) mass is 687 g/mol. The van der Waals surface area contributed by atoms with Gasteiger partial charge in [-0.3, -0.25) is 15.2 Å². The zero-order chi connectivity index (χ0) is 36.4. The first-order chi connectivity index (χ1) is 24.2. The number of aryl methyl sites for hydroxylation is 2. The number of nitrogens with one attached hydrogen (secondary N) is 3. The van der Waals surface area contributed by atoms with E-state index in [9.17, 15) is 10.1 Å². The molecular formula is C29H29N21O. The summed E-state index contributed by atoms with van der Waals surface area (Å²) in [5.41, 5.74) is 1.61. The second-order valence-electron chi connectivity index (χ2n) is 13.4. The van der Waals surface area contributed by atoms with Crippen LogP contribution in [-0.4, -0.2) is 74.1 Å². The van der Waals surface area contributed by atoms with E-state index in [1.807, 2.05) is 47.6 Å². The van der Waals surface area contributed by atoms with Crippen molar-refractivity contribution in [2.45, 2.75) is 66.2 Å². The lowest BCUT2D eigenvalue weighted by atomic mass is 9.91. The van der Waals surface area contributed by atoms with E-state index in [0.29, 0.717) is 34.3 Å². The van der Waals surface area contributed by atoms with Gasteiger partial charge in [0.15, 0.2) is 23.0 Å². The van der Waals surface area contributed by atoms with Gasteiger partial charge in [0.2, 0.25) is 17.2 Å². The summed E-state index contributed by atoms with van der Waals surface area (Å²) >= 11 is 0. The van der Waals surface area contributed by atoms with Gasteiger partial charge in [-0.1, -0.05) is 41.5 Å². The van der Waals surface area contributed by atoms with E-state index in [1.54, 1.807) is 22.9 Å². The lowest BCUT2D eigenvalue weighted by Crippen LogP contribution is -2.20. The first-order valence-electron chi connectivity index (χ1n) is 15.3. The first kappa shape index (κ1) is 32.3. The van der Waals surface area contributed by atoms with Crippen molar-refractivity contribution in [1.82, 2.24) is 74.1 Å². The molecule has 0 fully saturated rings. The molecule has 0 aliphatic heterocycles. The Morgan fingerprint density at radius 3 is 1.86 bits per heavy atom. The van der Waals surface area contributed by atoms with Crippen molar-refractivity contribution in [3.8, 4) is 18.0 Å². The Bertz CT molecular complexity index is 2510. The third-order valence-corrected chi connectivity index (χ3v) is 7.71. The summed E-state index contributed by atoms with van der Waals surface area (Å²) in [5, 5.41) is 59.3. The number of aromatic nitrogens is 15. The SMILES string of the molecule is [C-]#[N+]c1cnn(-c2nc(-n3ncc(C#N)c3N=Nc3c(C(C)(C)C)[nH]n4c(C)nnc34)nc(=O)[nH]2)c1N=Nc1c(C(C)(C)C)[nH]n2c(C)nnc12. The standard InChI is InChI=1S/C29H29N21O/c1-13-37-43-23-17(19(28(3,4)5)45-47(13)23)39-41-21-15(10-30)11-32-49(21)25-34-26(36-27(51)35-25)50-22(16(31-9)12-33-50)42-40-18-20(29(6,7)8)46-48-14(2)38-44-24(18)48/h11-12,45-46H,1-8H3,(H,34,35,36,51). The summed E-state index contributed by atoms with van der Waals surface area (Å²) in [6, 6.07) is 2.03. The minimum Gasteiger partial charge on any atom is -0.292 e. The molecule has 0 saturated heterocycles. The van der Waals surface area contributed by atoms with E-state index >= 15 is 0 Å². The van der Waals surface area contributed by atoms with E-state index < -0.39 is 5.69 Å². The van der Waals surface area contributed by atoms with Crippen molar-refractivity contribution >= 4 is 40.0 Å². The van der Waals surface area contributed by atoms with Crippen LogP contribution in [0.25, 0.3) is 28.0 Å². The highest BCUT2D eigenvalue weighted by Crippen LogP contribution is 2.38. The predicted molar refractivity (Wildman–Crippen MR) is 178 cm³/mol. The summed E-state index contributed by atoms with van der Waals surface area (Å²) < 4.78 is 5.61. The molecule has 0 aliphatic rings. The molecule has 0 bridgehead atoms. The highest BCUT2D eigenvalue weighted by Gasteiger charge is 2.28. The van der Waals surface area contributed by atoms with Crippen molar-refractivity contribution in [3.05, 3.63) is 62.9 Å². The van der Waals surface area contributed by atoms with Crippen LogP contribution in [0.15, 0.2) is 37.6 Å². The zero-order valence-electron chi connectivity index (χ0n) is 28.6. The number of hydrogen-bond donors (Lipinski definition) is 3. The lowest BCUT2D eigenvalue weighted by Gasteiger charge is -2.16. The molecule has 0 saturated carbocycles. The maximum atomic E-state index is 13.0. The van der Waals surface area contributed by atoms with Crippen LogP contribution >= 0.6 is 0 Å². The predicted octanol–water partition coefficient (Wildman–Crippen LogP) is 4.74. The smallest absolute Gasteiger partial charge is 0.292 e. The van der Waals surface area contributed by atoms with E-state index in [2.05, 4.69) is 81.0 Å². The van der Waals surface area contributed by atoms with Crippen LogP contribution in [0.4, 0.5) is 28.7 Å². The van der Waals surface area contributed by atoms with Gasteiger partial charge in [-0.2, -0.15) is 34.8 Å². The van der Waals surface area contributed by atoms with Crippen LogP contribution in [0.3, 0.4) is 0 Å². The number of hydrogen-bond acceptors (Lipinski definition) is 14. The van der Waals surface area contributed by atoms with Crippen LogP contribution in [0, 0.1) is 31.8 Å². The van der Waals surface area contributed by atoms with Gasteiger partial charge in [-0.25, -0.2) is 18.7 Å². The highest BCUT2D eigenvalue weighted by atomic mass is 16.1. The van der Waals surface area contributed by atoms with Crippen LogP contribution < -0.4 is 5.69 Å². The molecule has 7 heterocycles. The summed E-state index contributed by atoms with van der Waals surface area (Å²) in [6.45, 7) is 23.3. The second kappa shape index (κ2) is 11.4. The maximum Gasteiger partial charge on any atom is 0.351 e. The van der Waals surface area contributed by atoms with Gasteiger partial charge < -0.3 is 0 Å². The Morgan fingerprint density at radius 2 is 1.33 bits per heavy atom. The van der Waals surface area contributed by atoms with E-state index in [-0.39, 0.29) is 45.6 Å². The molecular weight excluding hydrogens is 658 g/mol. The molecule has 7 rings (SSSR count). The van der Waals surface area contributed by atoms with Gasteiger partial charge >= 0.3 is 5.69 Å². The molecule has 0 spiro atoms. The summed E-state index contributed by atoms with van der Waals surface area (Å²) in [4.78, 5) is 27.4. The van der Waals surface area contributed by atoms with Gasteiger partial charge in [-0.15, -0.1) is 40.9 Å². The second-order valence-corrected chi connectivity index (χ2v) is 13.4. The molecule has 0 aromatic carbocycles. The van der Waals surface area contributed by atoms with Crippen molar-refractivity contribution in [3.63, 3.8) is 0 Å². The number of aromatic amines is 3. The van der Waals surface area contributed by atoms with Crippen molar-refractivity contribution < 1.29 is 0 Å². The lowest BCUT2D eigenvalue weighted by molar-refractivity contribution is 0.561. The third kappa shape index (κ3) is 5.40. The fourth-order valence-corrected chi connectivity index (χ4v) is 5.16. The minimum atomic E-state index is -0.836. The van der Waals surface area contributed by atoms with Gasteiger partial charge in [-0.05, 0) is 13.8 Å².